The van der Waals surface area contributed by atoms with Crippen LogP contribution < -0.4 is 4.90 Å². The number of aromatic nitrogens is 2. The maximum absolute atomic E-state index is 11.7. The van der Waals surface area contributed by atoms with Crippen molar-refractivity contribution in [2.45, 2.75) is 45.7 Å². The van der Waals surface area contributed by atoms with Crippen LogP contribution in [0.1, 0.15) is 39.7 Å². The molecule has 0 unspecified atom stereocenters. The summed E-state index contributed by atoms with van der Waals surface area (Å²) in [7, 11) is 1.46. The highest BCUT2D eigenvalue weighted by atomic mass is 16.5. The lowest BCUT2D eigenvalue weighted by molar-refractivity contribution is -0.145. The zero-order valence-electron chi connectivity index (χ0n) is 12.2. The molecule has 5 nitrogen and oxygen atoms in total. The van der Waals surface area contributed by atoms with Crippen molar-refractivity contribution in [2.75, 3.05) is 18.6 Å². The van der Waals surface area contributed by atoms with Crippen LogP contribution in [0, 0.1) is 5.92 Å². The second-order valence-electron chi connectivity index (χ2n) is 5.57. The lowest BCUT2D eigenvalue weighted by atomic mass is 9.93. The Kier molecular flexibility index (Phi) is 4.12. The van der Waals surface area contributed by atoms with Gasteiger partial charge in [-0.2, -0.15) is 5.10 Å². The number of esters is 1. The predicted octanol–water partition coefficient (Wildman–Crippen LogP) is 2.24. The van der Waals surface area contributed by atoms with Gasteiger partial charge in [-0.15, -0.1) is 0 Å². The van der Waals surface area contributed by atoms with E-state index in [-0.39, 0.29) is 11.9 Å². The van der Waals surface area contributed by atoms with E-state index in [1.807, 2.05) is 10.9 Å². The van der Waals surface area contributed by atoms with Crippen molar-refractivity contribution in [3.05, 3.63) is 12.4 Å². The number of hydrogen-bond donors (Lipinski definition) is 0. The minimum Gasteiger partial charge on any atom is -0.469 e. The van der Waals surface area contributed by atoms with Gasteiger partial charge >= 0.3 is 5.97 Å². The van der Waals surface area contributed by atoms with Crippen LogP contribution >= 0.6 is 0 Å². The van der Waals surface area contributed by atoms with Crippen molar-refractivity contribution in [3.8, 4) is 0 Å². The van der Waals surface area contributed by atoms with Gasteiger partial charge < -0.3 is 9.64 Å². The minimum absolute atomic E-state index is 0.0244. The van der Waals surface area contributed by atoms with Gasteiger partial charge in [0.25, 0.3) is 0 Å². The van der Waals surface area contributed by atoms with Crippen molar-refractivity contribution in [3.63, 3.8) is 0 Å². The molecule has 0 amide bonds. The van der Waals surface area contributed by atoms with Crippen molar-refractivity contribution < 1.29 is 9.53 Å². The zero-order valence-corrected chi connectivity index (χ0v) is 12.2. The monoisotopic (exact) mass is 265 g/mol. The van der Waals surface area contributed by atoms with Gasteiger partial charge in [0.15, 0.2) is 0 Å². The zero-order chi connectivity index (χ0) is 14.0. The first-order valence-corrected chi connectivity index (χ1v) is 6.91. The van der Waals surface area contributed by atoms with Gasteiger partial charge in [0.1, 0.15) is 0 Å². The second kappa shape index (κ2) is 5.63. The molecule has 2 rings (SSSR count). The molecule has 0 saturated carbocycles. The van der Waals surface area contributed by atoms with E-state index in [1.54, 1.807) is 0 Å². The van der Waals surface area contributed by atoms with E-state index >= 15 is 0 Å². The fourth-order valence-electron chi connectivity index (χ4n) is 2.58. The molecule has 0 aromatic carbocycles. The summed E-state index contributed by atoms with van der Waals surface area (Å²) in [5.41, 5.74) is 1.09. The van der Waals surface area contributed by atoms with Gasteiger partial charge in [-0.25, -0.2) is 0 Å². The topological polar surface area (TPSA) is 47.4 Å². The van der Waals surface area contributed by atoms with Gasteiger partial charge in [-0.1, -0.05) is 0 Å². The first-order valence-electron chi connectivity index (χ1n) is 6.91. The SMILES string of the molecule is COC(=O)[C@@H]1CC[C@@H](C)N(c2cnn(C(C)C)c2)C1. The molecule has 1 aliphatic heterocycles. The maximum atomic E-state index is 11.7. The molecule has 1 fully saturated rings. The van der Waals surface area contributed by atoms with Crippen molar-refractivity contribution in [1.82, 2.24) is 9.78 Å². The Labute approximate surface area is 114 Å². The van der Waals surface area contributed by atoms with Crippen LogP contribution in [0.15, 0.2) is 12.4 Å². The lowest BCUT2D eigenvalue weighted by Crippen LogP contribution is -2.44. The summed E-state index contributed by atoms with van der Waals surface area (Å²) in [4.78, 5) is 14.0. The van der Waals surface area contributed by atoms with E-state index < -0.39 is 0 Å². The summed E-state index contributed by atoms with van der Waals surface area (Å²) in [6.07, 6.45) is 5.85. The summed E-state index contributed by atoms with van der Waals surface area (Å²) in [5.74, 6) is -0.128. The standard InChI is InChI=1S/C14H23N3O2/c1-10(2)17-9-13(7-15-17)16-8-12(14(18)19-4)6-5-11(16)3/h7,9-12H,5-6,8H2,1-4H3/t11-,12-/m1/s1. The van der Waals surface area contributed by atoms with Crippen LogP contribution in [-0.2, 0) is 9.53 Å². The highest BCUT2D eigenvalue weighted by Crippen LogP contribution is 2.28. The Bertz CT molecular complexity index is 442. The van der Waals surface area contributed by atoms with Crippen molar-refractivity contribution in [1.29, 1.82) is 0 Å². The number of rotatable bonds is 3. The molecule has 5 heteroatoms. The molecule has 2 atom stereocenters. The molecule has 0 bridgehead atoms. The molecule has 1 aromatic heterocycles. The van der Waals surface area contributed by atoms with E-state index in [9.17, 15) is 4.79 Å². The van der Waals surface area contributed by atoms with E-state index in [0.717, 1.165) is 25.1 Å². The van der Waals surface area contributed by atoms with Crippen LogP contribution in [0.5, 0.6) is 0 Å². The first-order chi connectivity index (χ1) is 9.02. The van der Waals surface area contributed by atoms with E-state index in [0.29, 0.717) is 12.1 Å². The van der Waals surface area contributed by atoms with E-state index in [2.05, 4.69) is 37.0 Å². The summed E-state index contributed by atoms with van der Waals surface area (Å²) in [5, 5.41) is 4.37. The molecule has 2 heterocycles. The number of methoxy groups -OCH3 is 1. The average molecular weight is 265 g/mol. The Morgan fingerprint density at radius 1 is 1.47 bits per heavy atom. The first kappa shape index (κ1) is 13.9. The summed E-state index contributed by atoms with van der Waals surface area (Å²) >= 11 is 0. The quantitative estimate of drug-likeness (QED) is 0.786. The average Bonchev–Trinajstić information content (AvgIpc) is 2.88. The number of hydrogen-bond acceptors (Lipinski definition) is 4. The number of anilines is 1. The molecule has 1 aliphatic rings. The minimum atomic E-state index is -0.104. The van der Waals surface area contributed by atoms with Crippen LogP contribution in [-0.4, -0.2) is 35.4 Å². The van der Waals surface area contributed by atoms with Crippen LogP contribution in [0.4, 0.5) is 5.69 Å². The Hall–Kier alpha value is -1.52. The molecule has 19 heavy (non-hydrogen) atoms. The third-order valence-electron chi connectivity index (χ3n) is 3.87. The molecule has 1 saturated heterocycles. The fraction of sp³-hybridized carbons (Fsp3) is 0.714. The van der Waals surface area contributed by atoms with E-state index in [4.69, 9.17) is 4.74 Å². The lowest BCUT2D eigenvalue weighted by Gasteiger charge is -2.37. The largest absolute Gasteiger partial charge is 0.469 e. The normalized spacial score (nSPS) is 23.7. The molecule has 106 valence electrons. The third-order valence-corrected chi connectivity index (χ3v) is 3.87. The van der Waals surface area contributed by atoms with E-state index in [1.165, 1.54) is 7.11 Å². The van der Waals surface area contributed by atoms with Gasteiger partial charge in [0.2, 0.25) is 0 Å². The number of carbonyl (C=O) groups excluding carboxylic acids is 1. The number of carbonyl (C=O) groups is 1. The van der Waals surface area contributed by atoms with Crippen molar-refractivity contribution in [2.24, 2.45) is 5.92 Å². The smallest absolute Gasteiger partial charge is 0.310 e. The molecule has 0 radical (unpaired) electrons. The highest BCUT2D eigenvalue weighted by molar-refractivity contribution is 5.73. The summed E-state index contributed by atoms with van der Waals surface area (Å²) in [6.45, 7) is 7.12. The molecular weight excluding hydrogens is 242 g/mol. The molecular formula is C14H23N3O2. The fourth-order valence-corrected chi connectivity index (χ4v) is 2.58. The summed E-state index contributed by atoms with van der Waals surface area (Å²) < 4.78 is 6.81. The van der Waals surface area contributed by atoms with Gasteiger partial charge in [0, 0.05) is 24.8 Å². The number of nitrogens with zero attached hydrogens (tertiary/aromatic N) is 3. The Morgan fingerprint density at radius 3 is 2.79 bits per heavy atom. The van der Waals surface area contributed by atoms with Crippen LogP contribution in [0.3, 0.4) is 0 Å². The third kappa shape index (κ3) is 2.91. The summed E-state index contributed by atoms with van der Waals surface area (Å²) in [6, 6.07) is 0.788. The molecule has 0 spiro atoms. The number of piperidine rings is 1. The van der Waals surface area contributed by atoms with Gasteiger partial charge in [-0.3, -0.25) is 9.48 Å². The van der Waals surface area contributed by atoms with Gasteiger partial charge in [-0.05, 0) is 33.6 Å². The second-order valence-corrected chi connectivity index (χ2v) is 5.57. The van der Waals surface area contributed by atoms with Crippen molar-refractivity contribution >= 4 is 11.7 Å². The predicted molar refractivity (Wildman–Crippen MR) is 74.2 cm³/mol. The van der Waals surface area contributed by atoms with Crippen LogP contribution in [0.25, 0.3) is 0 Å². The number of ether oxygens (including phenoxy) is 1. The van der Waals surface area contributed by atoms with Crippen LogP contribution in [0.2, 0.25) is 0 Å². The van der Waals surface area contributed by atoms with Gasteiger partial charge in [0.05, 0.1) is 24.9 Å². The molecule has 1 aromatic rings. The molecule has 0 N–H and O–H groups in total. The highest BCUT2D eigenvalue weighted by Gasteiger charge is 2.31. The Balaban J connectivity index is 2.14. The Morgan fingerprint density at radius 2 is 2.21 bits per heavy atom. The molecule has 0 aliphatic carbocycles. The maximum Gasteiger partial charge on any atom is 0.310 e.